The number of piperidine rings is 1. The van der Waals surface area contributed by atoms with Crippen molar-refractivity contribution in [1.29, 1.82) is 0 Å². The number of hydrogen-bond acceptors (Lipinski definition) is 2. The molecule has 3 rings (SSSR count). The lowest BCUT2D eigenvalue weighted by molar-refractivity contribution is -0.122. The summed E-state index contributed by atoms with van der Waals surface area (Å²) in [7, 11) is 0. The van der Waals surface area contributed by atoms with E-state index in [-0.39, 0.29) is 28.8 Å². The van der Waals surface area contributed by atoms with Gasteiger partial charge in [-0.15, -0.1) is 0 Å². The minimum atomic E-state index is -0.532. The Kier molecular flexibility index (Phi) is 3.05. The van der Waals surface area contributed by atoms with Crippen LogP contribution in [0.1, 0.15) is 36.0 Å². The fourth-order valence-electron chi connectivity index (χ4n) is 3.08. The predicted molar refractivity (Wildman–Crippen MR) is 68.6 cm³/mol. The van der Waals surface area contributed by atoms with E-state index < -0.39 is 5.82 Å². The van der Waals surface area contributed by atoms with Crippen LogP contribution in [-0.4, -0.2) is 28.7 Å². The lowest BCUT2D eigenvalue weighted by Gasteiger charge is -2.34. The van der Waals surface area contributed by atoms with Crippen LogP contribution >= 0.6 is 11.6 Å². The fraction of sp³-hybridized carbons (Fsp3) is 0.429. The first-order valence-electron chi connectivity index (χ1n) is 6.35. The minimum absolute atomic E-state index is 0.00239. The molecule has 19 heavy (non-hydrogen) atoms. The Labute approximate surface area is 115 Å². The highest BCUT2D eigenvalue weighted by molar-refractivity contribution is 6.31. The first-order valence-corrected chi connectivity index (χ1v) is 6.73. The Hall–Kier alpha value is -1.42. The molecule has 100 valence electrons. The Balaban J connectivity index is 1.88. The number of carbonyl (C=O) groups excluding carboxylic acids is 2. The van der Waals surface area contributed by atoms with Gasteiger partial charge in [-0.2, -0.15) is 0 Å². The van der Waals surface area contributed by atoms with Crippen LogP contribution in [0.5, 0.6) is 0 Å². The normalized spacial score (nSPS) is 25.8. The smallest absolute Gasteiger partial charge is 0.254 e. The van der Waals surface area contributed by atoms with Crippen molar-refractivity contribution < 1.29 is 14.0 Å². The van der Waals surface area contributed by atoms with Crippen molar-refractivity contribution in [3.05, 3.63) is 34.6 Å². The summed E-state index contributed by atoms with van der Waals surface area (Å²) < 4.78 is 13.1. The highest BCUT2D eigenvalue weighted by Gasteiger charge is 2.42. The Morgan fingerprint density at radius 3 is 2.47 bits per heavy atom. The molecule has 2 aliphatic heterocycles. The van der Waals surface area contributed by atoms with E-state index in [1.165, 1.54) is 18.2 Å². The predicted octanol–water partition coefficient (Wildman–Crippen LogP) is 2.82. The van der Waals surface area contributed by atoms with Gasteiger partial charge in [0.05, 0.1) is 5.02 Å². The monoisotopic (exact) mass is 281 g/mol. The van der Waals surface area contributed by atoms with Crippen LogP contribution in [0, 0.1) is 5.82 Å². The molecule has 2 fully saturated rings. The van der Waals surface area contributed by atoms with Gasteiger partial charge in [-0.1, -0.05) is 11.6 Å². The second-order valence-electron chi connectivity index (χ2n) is 5.17. The molecule has 0 spiro atoms. The molecular weight excluding hydrogens is 269 g/mol. The summed E-state index contributed by atoms with van der Waals surface area (Å²) in [5.41, 5.74) is 0.387. The maximum Gasteiger partial charge on any atom is 0.254 e. The zero-order chi connectivity index (χ0) is 13.6. The Morgan fingerprint density at radius 1 is 1.26 bits per heavy atom. The van der Waals surface area contributed by atoms with Crippen molar-refractivity contribution in [2.45, 2.75) is 37.8 Å². The third kappa shape index (κ3) is 2.14. The number of amides is 1. The van der Waals surface area contributed by atoms with E-state index in [4.69, 9.17) is 11.6 Å². The molecule has 0 saturated carbocycles. The van der Waals surface area contributed by atoms with Crippen molar-refractivity contribution in [2.24, 2.45) is 0 Å². The van der Waals surface area contributed by atoms with Crippen molar-refractivity contribution >= 4 is 23.3 Å². The SMILES string of the molecule is O=C1CC2CCC(C1)N2C(=O)c1ccc(F)c(Cl)c1. The van der Waals surface area contributed by atoms with Crippen LogP contribution in [0.15, 0.2) is 18.2 Å². The maximum absolute atomic E-state index is 13.1. The van der Waals surface area contributed by atoms with Crippen LogP contribution in [0.4, 0.5) is 4.39 Å². The van der Waals surface area contributed by atoms with Crippen molar-refractivity contribution in [2.75, 3.05) is 0 Å². The number of carbonyl (C=O) groups is 2. The first kappa shape index (κ1) is 12.6. The Morgan fingerprint density at radius 2 is 1.89 bits per heavy atom. The maximum atomic E-state index is 13.1. The van der Waals surface area contributed by atoms with Gasteiger partial charge in [-0.25, -0.2) is 4.39 Å². The second kappa shape index (κ2) is 4.60. The van der Waals surface area contributed by atoms with Crippen LogP contribution in [0.3, 0.4) is 0 Å². The van der Waals surface area contributed by atoms with Gasteiger partial charge in [0.25, 0.3) is 5.91 Å². The van der Waals surface area contributed by atoms with E-state index in [2.05, 4.69) is 0 Å². The highest BCUT2D eigenvalue weighted by atomic mass is 35.5. The number of Topliss-reactive ketones (excluding diaryl/α,β-unsaturated/α-hetero) is 1. The second-order valence-corrected chi connectivity index (χ2v) is 5.58. The molecule has 0 aliphatic carbocycles. The molecular formula is C14H13ClFNO2. The van der Waals surface area contributed by atoms with E-state index in [1.807, 2.05) is 0 Å². The fourth-order valence-corrected chi connectivity index (χ4v) is 3.26. The average Bonchev–Trinajstić information content (AvgIpc) is 2.64. The molecule has 2 atom stereocenters. The van der Waals surface area contributed by atoms with E-state index in [0.717, 1.165) is 12.8 Å². The van der Waals surface area contributed by atoms with Gasteiger partial charge >= 0.3 is 0 Å². The lowest BCUT2D eigenvalue weighted by atomic mass is 10.00. The molecule has 1 aromatic rings. The van der Waals surface area contributed by atoms with Gasteiger partial charge in [-0.05, 0) is 31.0 Å². The summed E-state index contributed by atoms with van der Waals surface area (Å²) in [6.45, 7) is 0. The molecule has 2 saturated heterocycles. The number of halogens is 2. The standard InChI is InChI=1S/C14H13ClFNO2/c15-12-5-8(1-4-13(12)16)14(19)17-9-2-3-10(17)7-11(18)6-9/h1,4-5,9-10H,2-3,6-7H2. The zero-order valence-electron chi connectivity index (χ0n) is 10.2. The molecule has 0 aromatic heterocycles. The molecule has 0 radical (unpaired) electrons. The molecule has 2 heterocycles. The lowest BCUT2D eigenvalue weighted by Crippen LogP contribution is -2.46. The van der Waals surface area contributed by atoms with E-state index >= 15 is 0 Å². The summed E-state index contributed by atoms with van der Waals surface area (Å²) in [4.78, 5) is 25.8. The number of hydrogen-bond donors (Lipinski definition) is 0. The number of rotatable bonds is 1. The summed E-state index contributed by atoms with van der Waals surface area (Å²) in [5.74, 6) is -0.453. The topological polar surface area (TPSA) is 37.4 Å². The van der Waals surface area contributed by atoms with Crippen LogP contribution in [0.25, 0.3) is 0 Å². The first-order chi connectivity index (χ1) is 9.06. The Bertz CT molecular complexity index is 544. The number of fused-ring (bicyclic) bond motifs is 2. The summed E-state index contributed by atoms with van der Waals surface area (Å²) in [6, 6.07) is 4.01. The molecule has 3 nitrogen and oxygen atoms in total. The van der Waals surface area contributed by atoms with Crippen LogP contribution < -0.4 is 0 Å². The summed E-state index contributed by atoms with van der Waals surface area (Å²) >= 11 is 5.71. The van der Waals surface area contributed by atoms with Crippen LogP contribution in [-0.2, 0) is 4.79 Å². The largest absolute Gasteiger partial charge is 0.332 e. The number of ketones is 1. The van der Waals surface area contributed by atoms with Gasteiger partial charge in [0.1, 0.15) is 11.6 Å². The van der Waals surface area contributed by atoms with Crippen molar-refractivity contribution in [3.8, 4) is 0 Å². The molecule has 0 N–H and O–H groups in total. The molecule has 1 aromatic carbocycles. The van der Waals surface area contributed by atoms with Gasteiger partial charge in [-0.3, -0.25) is 9.59 Å². The summed E-state index contributed by atoms with van der Waals surface area (Å²) in [6.07, 6.45) is 2.63. The number of benzene rings is 1. The molecule has 1 amide bonds. The highest BCUT2D eigenvalue weighted by Crippen LogP contribution is 2.35. The number of nitrogens with zero attached hydrogens (tertiary/aromatic N) is 1. The van der Waals surface area contributed by atoms with E-state index in [0.29, 0.717) is 18.4 Å². The van der Waals surface area contributed by atoms with E-state index in [1.54, 1.807) is 4.90 Å². The van der Waals surface area contributed by atoms with Gasteiger partial charge < -0.3 is 4.90 Å². The van der Waals surface area contributed by atoms with Crippen molar-refractivity contribution in [3.63, 3.8) is 0 Å². The average molecular weight is 282 g/mol. The molecule has 2 aliphatic rings. The zero-order valence-corrected chi connectivity index (χ0v) is 11.0. The minimum Gasteiger partial charge on any atom is -0.332 e. The third-order valence-corrected chi connectivity index (χ3v) is 4.24. The van der Waals surface area contributed by atoms with Gasteiger partial charge in [0, 0.05) is 30.5 Å². The van der Waals surface area contributed by atoms with Gasteiger partial charge in [0.2, 0.25) is 0 Å². The summed E-state index contributed by atoms with van der Waals surface area (Å²) in [5, 5.41) is -0.0497. The third-order valence-electron chi connectivity index (χ3n) is 3.95. The van der Waals surface area contributed by atoms with Gasteiger partial charge in [0.15, 0.2) is 0 Å². The van der Waals surface area contributed by atoms with E-state index in [9.17, 15) is 14.0 Å². The van der Waals surface area contributed by atoms with Crippen LogP contribution in [0.2, 0.25) is 5.02 Å². The van der Waals surface area contributed by atoms with Crippen molar-refractivity contribution in [1.82, 2.24) is 4.90 Å². The molecule has 2 bridgehead atoms. The quantitative estimate of drug-likeness (QED) is 0.794. The molecule has 2 unspecified atom stereocenters. The molecule has 5 heteroatoms.